The summed E-state index contributed by atoms with van der Waals surface area (Å²) in [4.78, 5) is 13.1. The Bertz CT molecular complexity index is 1280. The van der Waals surface area contributed by atoms with Gasteiger partial charge in [-0.2, -0.15) is 8.42 Å². The summed E-state index contributed by atoms with van der Waals surface area (Å²) in [5.74, 6) is -0.231. The zero-order valence-corrected chi connectivity index (χ0v) is 43.5. The third-order valence-electron chi connectivity index (χ3n) is 13.3. The molecule has 6 N–H and O–H groups in total. The molecule has 1 amide bonds. The molecule has 13 heteroatoms. The first-order chi connectivity index (χ1) is 32.5. The molecule has 67 heavy (non-hydrogen) atoms. The predicted octanol–water partition coefficient (Wildman–Crippen LogP) is 12.5. The van der Waals surface area contributed by atoms with E-state index in [1.165, 1.54) is 173 Å². The molecule has 0 aromatic carbocycles. The highest BCUT2D eigenvalue weighted by Crippen LogP contribution is 2.26. The molecular formula is C54H103NO11S. The van der Waals surface area contributed by atoms with E-state index in [9.17, 15) is 38.2 Å². The van der Waals surface area contributed by atoms with Crippen LogP contribution in [0.1, 0.15) is 258 Å². The zero-order valence-electron chi connectivity index (χ0n) is 42.7. The molecule has 1 aliphatic heterocycles. The van der Waals surface area contributed by atoms with Crippen LogP contribution < -0.4 is 5.32 Å². The van der Waals surface area contributed by atoms with E-state index < -0.39 is 59.9 Å². The van der Waals surface area contributed by atoms with Gasteiger partial charge in [-0.15, -0.1) is 0 Å². The Morgan fingerprint density at radius 1 is 0.597 bits per heavy atom. The molecule has 7 unspecified atom stereocenters. The predicted molar refractivity (Wildman–Crippen MR) is 273 cm³/mol. The number of carbonyl (C=O) groups is 1. The lowest BCUT2D eigenvalue weighted by atomic mass is 9.99. The first-order valence-electron chi connectivity index (χ1n) is 27.7. The van der Waals surface area contributed by atoms with Gasteiger partial charge in [0.25, 0.3) is 0 Å². The average molecular weight is 974 g/mol. The summed E-state index contributed by atoms with van der Waals surface area (Å²) in [6.07, 6.45) is 44.6. The van der Waals surface area contributed by atoms with Crippen molar-refractivity contribution in [1.82, 2.24) is 5.32 Å². The quantitative estimate of drug-likeness (QED) is 0.0193. The molecule has 0 bridgehead atoms. The molecule has 1 rings (SSSR count). The number of carbonyl (C=O) groups excluding carboxylic acids is 1. The lowest BCUT2D eigenvalue weighted by Gasteiger charge is -2.41. The van der Waals surface area contributed by atoms with E-state index >= 15 is 0 Å². The minimum atomic E-state index is -5.08. The van der Waals surface area contributed by atoms with E-state index in [0.29, 0.717) is 12.8 Å². The number of aliphatic hydroxyl groups excluding tert-OH is 4. The monoisotopic (exact) mass is 974 g/mol. The maximum absolute atomic E-state index is 13.1. The van der Waals surface area contributed by atoms with Crippen LogP contribution in [0.2, 0.25) is 0 Å². The van der Waals surface area contributed by atoms with E-state index in [1.54, 1.807) is 0 Å². The molecule has 0 radical (unpaired) electrons. The molecule has 1 aliphatic rings. The fourth-order valence-corrected chi connectivity index (χ4v) is 9.49. The van der Waals surface area contributed by atoms with Crippen molar-refractivity contribution >= 4 is 16.3 Å². The molecule has 1 saturated heterocycles. The number of hydrogen-bond acceptors (Lipinski definition) is 10. The molecule has 396 valence electrons. The van der Waals surface area contributed by atoms with Gasteiger partial charge in [0.15, 0.2) is 6.29 Å². The lowest BCUT2D eigenvalue weighted by molar-refractivity contribution is -0.298. The topological polar surface area (TPSA) is 192 Å². The van der Waals surface area contributed by atoms with Gasteiger partial charge < -0.3 is 35.2 Å². The van der Waals surface area contributed by atoms with Crippen molar-refractivity contribution in [3.8, 4) is 0 Å². The van der Waals surface area contributed by atoms with Crippen LogP contribution in [0.3, 0.4) is 0 Å². The Labute approximate surface area is 410 Å². The largest absolute Gasteiger partial charge is 0.397 e. The zero-order chi connectivity index (χ0) is 49.1. The molecule has 0 spiro atoms. The number of ether oxygens (including phenoxy) is 2. The van der Waals surface area contributed by atoms with Gasteiger partial charge in [0.1, 0.15) is 24.4 Å². The second kappa shape index (κ2) is 44.5. The van der Waals surface area contributed by atoms with Crippen LogP contribution in [-0.2, 0) is 28.9 Å². The van der Waals surface area contributed by atoms with E-state index in [1.807, 2.05) is 0 Å². The number of allylic oxidation sites excluding steroid dienone is 4. The van der Waals surface area contributed by atoms with Crippen LogP contribution in [0, 0.1) is 0 Å². The summed E-state index contributed by atoms with van der Waals surface area (Å²) in [6.45, 7) is 3.45. The van der Waals surface area contributed by atoms with Crippen LogP contribution in [0.5, 0.6) is 0 Å². The molecule has 0 aromatic heterocycles. The number of rotatable bonds is 48. The maximum atomic E-state index is 13.1. The van der Waals surface area contributed by atoms with Gasteiger partial charge >= 0.3 is 10.4 Å². The van der Waals surface area contributed by atoms with Crippen LogP contribution in [0.15, 0.2) is 24.3 Å². The smallest absolute Gasteiger partial charge is 0.394 e. The Balaban J connectivity index is 2.38. The Kier molecular flexibility index (Phi) is 42.3. The number of hydrogen-bond donors (Lipinski definition) is 6. The highest BCUT2D eigenvalue weighted by molar-refractivity contribution is 7.80. The van der Waals surface area contributed by atoms with E-state index in [2.05, 4.69) is 47.7 Å². The molecule has 0 aliphatic carbocycles. The number of nitrogens with one attached hydrogen (secondary N) is 1. The van der Waals surface area contributed by atoms with Crippen molar-refractivity contribution in [3.05, 3.63) is 24.3 Å². The maximum Gasteiger partial charge on any atom is 0.397 e. The molecule has 0 saturated carbocycles. The summed E-state index contributed by atoms with van der Waals surface area (Å²) < 4.78 is 47.9. The lowest BCUT2D eigenvalue weighted by Crippen LogP contribution is -2.61. The van der Waals surface area contributed by atoms with Crippen LogP contribution in [0.25, 0.3) is 0 Å². The van der Waals surface area contributed by atoms with Crippen molar-refractivity contribution in [2.75, 3.05) is 13.2 Å². The van der Waals surface area contributed by atoms with E-state index in [4.69, 9.17) is 9.47 Å². The van der Waals surface area contributed by atoms with Crippen molar-refractivity contribution < 1.29 is 51.8 Å². The summed E-state index contributed by atoms with van der Waals surface area (Å²) in [7, 11) is -5.08. The van der Waals surface area contributed by atoms with Gasteiger partial charge in [-0.1, -0.05) is 237 Å². The minimum Gasteiger partial charge on any atom is -0.394 e. The molecular weight excluding hydrogens is 871 g/mol. The second-order valence-electron chi connectivity index (χ2n) is 19.6. The van der Waals surface area contributed by atoms with Gasteiger partial charge in [0, 0.05) is 6.42 Å². The van der Waals surface area contributed by atoms with Crippen molar-refractivity contribution in [2.45, 2.75) is 301 Å². The van der Waals surface area contributed by atoms with Crippen LogP contribution >= 0.6 is 0 Å². The minimum absolute atomic E-state index is 0.231. The molecule has 12 nitrogen and oxygen atoms in total. The summed E-state index contributed by atoms with van der Waals surface area (Å²) in [6, 6.07) is -0.859. The van der Waals surface area contributed by atoms with E-state index in [-0.39, 0.29) is 18.9 Å². The normalized spacial score (nSPS) is 20.0. The fraction of sp³-hybridized carbons (Fsp3) is 0.907. The van der Waals surface area contributed by atoms with Crippen molar-refractivity contribution in [3.63, 3.8) is 0 Å². The molecule has 1 heterocycles. The highest BCUT2D eigenvalue weighted by Gasteiger charge is 2.48. The summed E-state index contributed by atoms with van der Waals surface area (Å²) in [5, 5.41) is 45.1. The van der Waals surface area contributed by atoms with Gasteiger partial charge in [-0.05, 0) is 38.5 Å². The van der Waals surface area contributed by atoms with E-state index in [0.717, 1.165) is 51.4 Å². The molecule has 0 aromatic rings. The average Bonchev–Trinajstić information content (AvgIpc) is 3.30. The van der Waals surface area contributed by atoms with Crippen LogP contribution in [-0.4, -0.2) is 95.4 Å². The SMILES string of the molecule is CCCCC/C=C\C=C/CCCCCCCCCCCCC(=O)NC(COC1OC(CO)C(O)C(OS(=O)(=O)O)C1O)C(O)CCCCCCCCCCCCCCCCCCCCCCC. The highest BCUT2D eigenvalue weighted by atomic mass is 32.3. The molecule has 7 atom stereocenters. The number of aliphatic hydroxyl groups is 4. The van der Waals surface area contributed by atoms with Gasteiger partial charge in [-0.25, -0.2) is 4.18 Å². The summed E-state index contributed by atoms with van der Waals surface area (Å²) in [5.41, 5.74) is 0. The van der Waals surface area contributed by atoms with Gasteiger partial charge in [0.2, 0.25) is 5.91 Å². The Morgan fingerprint density at radius 2 is 0.985 bits per heavy atom. The third-order valence-corrected chi connectivity index (χ3v) is 13.8. The second-order valence-corrected chi connectivity index (χ2v) is 20.6. The summed E-state index contributed by atoms with van der Waals surface area (Å²) >= 11 is 0. The first kappa shape index (κ1) is 63.6. The van der Waals surface area contributed by atoms with Crippen molar-refractivity contribution in [1.29, 1.82) is 0 Å². The van der Waals surface area contributed by atoms with Gasteiger partial charge in [-0.3, -0.25) is 9.35 Å². The Hall–Kier alpha value is -1.42. The fourth-order valence-electron chi connectivity index (χ4n) is 8.98. The first-order valence-corrected chi connectivity index (χ1v) is 29.1. The van der Waals surface area contributed by atoms with Crippen molar-refractivity contribution in [2.24, 2.45) is 0 Å². The number of amides is 1. The Morgan fingerprint density at radius 3 is 1.42 bits per heavy atom. The standard InChI is InChI=1S/C54H103NO11S/c1-3-5-7-9-11-13-15-17-19-21-23-24-26-27-29-31-33-35-37-39-41-43-48(57)47(46-64-54-52(60)53(66-67(61,62)63)51(59)49(45-56)65-54)55-50(58)44-42-40-38-36-34-32-30-28-25-22-20-18-16-14-12-10-8-6-4-2/h12,14,16,18,47-49,51-54,56-57,59-60H,3-11,13,15,17,19-46H2,1-2H3,(H,55,58)(H,61,62,63)/b14-12-,18-16-. The van der Waals surface area contributed by atoms with Crippen LogP contribution in [0.4, 0.5) is 0 Å². The third kappa shape index (κ3) is 37.1. The van der Waals surface area contributed by atoms with Gasteiger partial charge in [0.05, 0.1) is 25.4 Å². The molecule has 1 fully saturated rings. The number of unbranched alkanes of at least 4 members (excludes halogenated alkanes) is 33.